The highest BCUT2D eigenvalue weighted by Crippen LogP contribution is 2.16. The van der Waals surface area contributed by atoms with E-state index in [1.807, 2.05) is 54.7 Å². The maximum atomic E-state index is 6.20. The van der Waals surface area contributed by atoms with Crippen LogP contribution in [-0.4, -0.2) is 27.2 Å². The number of unbranched alkanes of at least 4 members (excludes halogenated alkanes) is 6. The Morgan fingerprint density at radius 2 is 1.81 bits per heavy atom. The summed E-state index contributed by atoms with van der Waals surface area (Å²) in [6, 6.07) is 7.89. The molecule has 1 aromatic carbocycles. The van der Waals surface area contributed by atoms with Gasteiger partial charge in [0.25, 0.3) is 0 Å². The molecule has 2 aromatic rings. The minimum Gasteiger partial charge on any atom is -0.371 e. The van der Waals surface area contributed by atoms with Gasteiger partial charge in [0, 0.05) is 23.2 Å². The van der Waals surface area contributed by atoms with Crippen molar-refractivity contribution in [2.45, 2.75) is 71.1 Å². The molecule has 0 aliphatic heterocycles. The number of hydrogen-bond acceptors (Lipinski definition) is 3. The molecule has 1 aromatic heterocycles. The van der Waals surface area contributed by atoms with Crippen molar-refractivity contribution in [3.05, 3.63) is 53.6 Å². The lowest BCUT2D eigenvalue weighted by atomic mass is 10.1. The Labute approximate surface area is 173 Å². The van der Waals surface area contributed by atoms with Gasteiger partial charge in [-0.15, -0.1) is 0 Å². The van der Waals surface area contributed by atoms with Crippen molar-refractivity contribution in [3.63, 3.8) is 0 Å². The van der Waals surface area contributed by atoms with E-state index in [0.717, 1.165) is 22.9 Å². The van der Waals surface area contributed by atoms with Gasteiger partial charge in [0.15, 0.2) is 0 Å². The SMILES string of the molecule is CCCCCCCCCSCC(Cn1ccnc1)OCc1ccc(Cl)cc1. The first-order valence-electron chi connectivity index (χ1n) is 10.2. The molecule has 0 saturated carbocycles. The Morgan fingerprint density at radius 3 is 2.52 bits per heavy atom. The summed E-state index contributed by atoms with van der Waals surface area (Å²) in [7, 11) is 0. The summed E-state index contributed by atoms with van der Waals surface area (Å²) in [4.78, 5) is 4.14. The van der Waals surface area contributed by atoms with Gasteiger partial charge in [0.1, 0.15) is 0 Å². The molecule has 0 aliphatic rings. The predicted molar refractivity (Wildman–Crippen MR) is 118 cm³/mol. The van der Waals surface area contributed by atoms with Gasteiger partial charge in [-0.25, -0.2) is 4.98 Å². The molecule has 0 aliphatic carbocycles. The summed E-state index contributed by atoms with van der Waals surface area (Å²) >= 11 is 7.97. The maximum Gasteiger partial charge on any atom is 0.0946 e. The molecule has 2 rings (SSSR count). The number of hydrogen-bond donors (Lipinski definition) is 0. The third kappa shape index (κ3) is 10.2. The molecule has 27 heavy (non-hydrogen) atoms. The topological polar surface area (TPSA) is 27.1 Å². The Kier molecular flexibility index (Phi) is 11.6. The first-order chi connectivity index (χ1) is 13.3. The van der Waals surface area contributed by atoms with Crippen LogP contribution in [0.1, 0.15) is 57.4 Å². The highest BCUT2D eigenvalue weighted by Gasteiger charge is 2.11. The van der Waals surface area contributed by atoms with E-state index in [1.54, 1.807) is 0 Å². The van der Waals surface area contributed by atoms with Gasteiger partial charge in [-0.3, -0.25) is 0 Å². The van der Waals surface area contributed by atoms with Crippen LogP contribution >= 0.6 is 23.4 Å². The fourth-order valence-electron chi connectivity index (χ4n) is 2.95. The van der Waals surface area contributed by atoms with Crippen molar-refractivity contribution < 1.29 is 4.74 Å². The molecule has 0 N–H and O–H groups in total. The van der Waals surface area contributed by atoms with Crippen LogP contribution in [0.4, 0.5) is 0 Å². The van der Waals surface area contributed by atoms with E-state index in [1.165, 1.54) is 50.7 Å². The minimum atomic E-state index is 0.185. The number of rotatable bonds is 15. The zero-order valence-electron chi connectivity index (χ0n) is 16.5. The third-order valence-corrected chi connectivity index (χ3v) is 6.01. The first kappa shape index (κ1) is 22.3. The van der Waals surface area contributed by atoms with E-state index in [9.17, 15) is 0 Å². The fourth-order valence-corrected chi connectivity index (χ4v) is 4.12. The number of aromatic nitrogens is 2. The summed E-state index contributed by atoms with van der Waals surface area (Å²) < 4.78 is 8.30. The van der Waals surface area contributed by atoms with Gasteiger partial charge in [-0.2, -0.15) is 11.8 Å². The van der Waals surface area contributed by atoms with Crippen LogP contribution in [0.15, 0.2) is 43.0 Å². The van der Waals surface area contributed by atoms with Crippen molar-refractivity contribution in [2.75, 3.05) is 11.5 Å². The summed E-state index contributed by atoms with van der Waals surface area (Å²) in [5.41, 5.74) is 1.16. The van der Waals surface area contributed by atoms with Gasteiger partial charge >= 0.3 is 0 Å². The van der Waals surface area contributed by atoms with E-state index in [4.69, 9.17) is 16.3 Å². The number of halogens is 1. The predicted octanol–water partition coefficient (Wildman–Crippen LogP) is 6.61. The monoisotopic (exact) mass is 408 g/mol. The van der Waals surface area contributed by atoms with Crippen molar-refractivity contribution >= 4 is 23.4 Å². The van der Waals surface area contributed by atoms with Crippen LogP contribution in [-0.2, 0) is 17.9 Å². The molecule has 0 fully saturated rings. The molecule has 0 saturated heterocycles. The van der Waals surface area contributed by atoms with E-state index in [-0.39, 0.29) is 6.10 Å². The summed E-state index contributed by atoms with van der Waals surface area (Å²) in [6.45, 7) is 3.73. The zero-order valence-corrected chi connectivity index (χ0v) is 18.1. The molecule has 0 bridgehead atoms. The van der Waals surface area contributed by atoms with Crippen LogP contribution in [0.25, 0.3) is 0 Å². The number of thioether (sulfide) groups is 1. The normalized spacial score (nSPS) is 12.4. The van der Waals surface area contributed by atoms with Gasteiger partial charge in [0.05, 0.1) is 25.6 Å². The summed E-state index contributed by atoms with van der Waals surface area (Å²) in [5, 5.41) is 0.763. The zero-order chi connectivity index (χ0) is 19.2. The van der Waals surface area contributed by atoms with E-state index in [0.29, 0.717) is 6.61 Å². The molecular weight excluding hydrogens is 376 g/mol. The fraction of sp³-hybridized carbons (Fsp3) is 0.591. The van der Waals surface area contributed by atoms with Crippen molar-refractivity contribution in [1.82, 2.24) is 9.55 Å². The molecule has 1 atom stereocenters. The van der Waals surface area contributed by atoms with Gasteiger partial charge < -0.3 is 9.30 Å². The molecule has 150 valence electrons. The standard InChI is InChI=1S/C22H33ClN2OS/c1-2-3-4-5-6-7-8-15-27-18-22(16-25-14-13-24-19-25)26-17-20-9-11-21(23)12-10-20/h9-14,19,22H,2-8,15-18H2,1H3. The highest BCUT2D eigenvalue weighted by atomic mass is 35.5. The second-order valence-corrected chi connectivity index (χ2v) is 8.60. The lowest BCUT2D eigenvalue weighted by Crippen LogP contribution is -2.22. The van der Waals surface area contributed by atoms with Gasteiger partial charge in [-0.05, 0) is 29.9 Å². The smallest absolute Gasteiger partial charge is 0.0946 e. The average Bonchev–Trinajstić information content (AvgIpc) is 3.19. The van der Waals surface area contributed by atoms with Crippen molar-refractivity contribution in [1.29, 1.82) is 0 Å². The van der Waals surface area contributed by atoms with E-state index >= 15 is 0 Å². The van der Waals surface area contributed by atoms with Crippen molar-refractivity contribution in [3.8, 4) is 0 Å². The first-order valence-corrected chi connectivity index (χ1v) is 11.7. The molecule has 1 unspecified atom stereocenters. The van der Waals surface area contributed by atoms with Crippen LogP contribution < -0.4 is 0 Å². The maximum absolute atomic E-state index is 6.20. The average molecular weight is 409 g/mol. The van der Waals surface area contributed by atoms with E-state index in [2.05, 4.69) is 16.5 Å². The lowest BCUT2D eigenvalue weighted by Gasteiger charge is -2.18. The van der Waals surface area contributed by atoms with E-state index < -0.39 is 0 Å². The molecular formula is C22H33ClN2OS. The molecule has 0 radical (unpaired) electrons. The van der Waals surface area contributed by atoms with Gasteiger partial charge in [-0.1, -0.05) is 69.2 Å². The minimum absolute atomic E-state index is 0.185. The second-order valence-electron chi connectivity index (χ2n) is 7.02. The molecule has 5 heteroatoms. The number of nitrogens with zero attached hydrogens (tertiary/aromatic N) is 2. The lowest BCUT2D eigenvalue weighted by molar-refractivity contribution is 0.0450. The Hall–Kier alpha value is -0.970. The number of benzene rings is 1. The molecule has 0 amide bonds. The largest absolute Gasteiger partial charge is 0.371 e. The highest BCUT2D eigenvalue weighted by molar-refractivity contribution is 7.99. The van der Waals surface area contributed by atoms with Crippen LogP contribution in [0, 0.1) is 0 Å². The summed E-state index contributed by atoms with van der Waals surface area (Å²) in [5.74, 6) is 2.24. The number of ether oxygens (including phenoxy) is 1. The Balaban J connectivity index is 1.66. The van der Waals surface area contributed by atoms with Crippen LogP contribution in [0.3, 0.4) is 0 Å². The van der Waals surface area contributed by atoms with Crippen LogP contribution in [0.2, 0.25) is 5.02 Å². The second kappa shape index (κ2) is 14.1. The van der Waals surface area contributed by atoms with Crippen LogP contribution in [0.5, 0.6) is 0 Å². The number of imidazole rings is 1. The quantitative estimate of drug-likeness (QED) is 0.310. The molecule has 0 spiro atoms. The third-order valence-electron chi connectivity index (χ3n) is 4.57. The Morgan fingerprint density at radius 1 is 1.07 bits per heavy atom. The molecule has 3 nitrogen and oxygen atoms in total. The van der Waals surface area contributed by atoms with Gasteiger partial charge in [0.2, 0.25) is 0 Å². The summed E-state index contributed by atoms with van der Waals surface area (Å²) in [6.07, 6.45) is 15.4. The Bertz CT molecular complexity index is 589. The molecule has 1 heterocycles. The van der Waals surface area contributed by atoms with Crippen molar-refractivity contribution in [2.24, 2.45) is 0 Å².